The number of ether oxygens (including phenoxy) is 1. The molecule has 0 saturated heterocycles. The number of aliphatic hydroxyl groups excluding tert-OH is 2. The summed E-state index contributed by atoms with van der Waals surface area (Å²) in [6.45, 7) is 4.88. The van der Waals surface area contributed by atoms with Crippen LogP contribution in [0.2, 0.25) is 0 Å². The monoisotopic (exact) mass is 1010 g/mol. The van der Waals surface area contributed by atoms with Gasteiger partial charge < -0.3 is 20.3 Å². The fourth-order valence-electron chi connectivity index (χ4n) is 9.66. The summed E-state index contributed by atoms with van der Waals surface area (Å²) in [5, 5.41) is 23.1. The number of carbonyl (C=O) groups is 2. The molecule has 72 heavy (non-hydrogen) atoms. The Bertz CT molecular complexity index is 1210. The van der Waals surface area contributed by atoms with E-state index >= 15 is 0 Å². The Morgan fingerprint density at radius 2 is 0.694 bits per heavy atom. The molecule has 0 aromatic rings. The molecule has 0 radical (unpaired) electrons. The smallest absolute Gasteiger partial charge is 0.305 e. The highest BCUT2D eigenvalue weighted by atomic mass is 16.5. The van der Waals surface area contributed by atoms with Gasteiger partial charge in [-0.1, -0.05) is 281 Å². The summed E-state index contributed by atoms with van der Waals surface area (Å²) in [7, 11) is 0. The van der Waals surface area contributed by atoms with Crippen LogP contribution in [0.15, 0.2) is 48.6 Å². The highest BCUT2D eigenvalue weighted by molar-refractivity contribution is 5.76. The van der Waals surface area contributed by atoms with Crippen LogP contribution < -0.4 is 5.32 Å². The molecule has 0 heterocycles. The van der Waals surface area contributed by atoms with Gasteiger partial charge in [-0.2, -0.15) is 0 Å². The third-order valence-electron chi connectivity index (χ3n) is 14.6. The molecule has 0 fully saturated rings. The molecule has 0 aromatic carbocycles. The lowest BCUT2D eigenvalue weighted by Crippen LogP contribution is -2.45. The first kappa shape index (κ1) is 69.8. The highest BCUT2D eigenvalue weighted by Gasteiger charge is 2.18. The van der Waals surface area contributed by atoms with Crippen molar-refractivity contribution in [2.45, 2.75) is 347 Å². The first-order chi connectivity index (χ1) is 35.5. The van der Waals surface area contributed by atoms with Crippen molar-refractivity contribution >= 4 is 11.9 Å². The Morgan fingerprint density at radius 1 is 0.389 bits per heavy atom. The van der Waals surface area contributed by atoms with Gasteiger partial charge in [0.25, 0.3) is 0 Å². The molecule has 2 atom stereocenters. The van der Waals surface area contributed by atoms with Crippen LogP contribution in [0.3, 0.4) is 0 Å². The summed E-state index contributed by atoms with van der Waals surface area (Å²) in [5.74, 6) is -0.0663. The van der Waals surface area contributed by atoms with Gasteiger partial charge in [0.15, 0.2) is 0 Å². The van der Waals surface area contributed by atoms with Gasteiger partial charge in [-0.15, -0.1) is 0 Å². The number of allylic oxidation sites excluding steroid dienone is 7. The zero-order valence-corrected chi connectivity index (χ0v) is 48.2. The van der Waals surface area contributed by atoms with E-state index in [4.69, 9.17) is 4.74 Å². The van der Waals surface area contributed by atoms with Gasteiger partial charge in [-0.3, -0.25) is 9.59 Å². The lowest BCUT2D eigenvalue weighted by atomic mass is 10.0. The summed E-state index contributed by atoms with van der Waals surface area (Å²) >= 11 is 0. The average molecular weight is 1010 g/mol. The number of nitrogens with one attached hydrogen (secondary N) is 1. The number of unbranched alkanes of at least 4 members (excludes halogenated alkanes) is 42. The predicted molar refractivity (Wildman–Crippen MR) is 315 cm³/mol. The van der Waals surface area contributed by atoms with E-state index in [0.717, 1.165) is 51.4 Å². The van der Waals surface area contributed by atoms with Crippen molar-refractivity contribution in [2.75, 3.05) is 13.2 Å². The molecule has 0 saturated carbocycles. The largest absolute Gasteiger partial charge is 0.466 e. The molecule has 0 bridgehead atoms. The topological polar surface area (TPSA) is 95.9 Å². The van der Waals surface area contributed by atoms with Crippen LogP contribution in [-0.2, 0) is 14.3 Å². The number of amides is 1. The molecule has 0 aliphatic rings. The predicted octanol–water partition coefficient (Wildman–Crippen LogP) is 20.1. The molecule has 0 spiro atoms. The molecular weight excluding hydrogens is 887 g/mol. The number of hydrogen-bond acceptors (Lipinski definition) is 5. The molecule has 0 rings (SSSR count). The fourth-order valence-corrected chi connectivity index (χ4v) is 9.66. The minimum absolute atomic E-state index is 0.00540. The molecule has 2 unspecified atom stereocenters. The van der Waals surface area contributed by atoms with Crippen LogP contribution in [-0.4, -0.2) is 47.4 Å². The molecule has 0 aliphatic carbocycles. The summed E-state index contributed by atoms with van der Waals surface area (Å²) in [6.07, 6.45) is 78.7. The van der Waals surface area contributed by atoms with Crippen molar-refractivity contribution in [1.82, 2.24) is 5.32 Å². The van der Waals surface area contributed by atoms with Crippen LogP contribution in [0.25, 0.3) is 0 Å². The average Bonchev–Trinajstić information content (AvgIpc) is 3.38. The van der Waals surface area contributed by atoms with Crippen LogP contribution in [0, 0.1) is 0 Å². The van der Waals surface area contributed by atoms with Crippen molar-refractivity contribution in [2.24, 2.45) is 0 Å². The summed E-state index contributed by atoms with van der Waals surface area (Å²) in [4.78, 5) is 24.5. The molecule has 3 N–H and O–H groups in total. The van der Waals surface area contributed by atoms with Gasteiger partial charge in [0.1, 0.15) is 0 Å². The fraction of sp³-hybridized carbons (Fsp3) is 0.848. The lowest BCUT2D eigenvalue weighted by Gasteiger charge is -2.20. The van der Waals surface area contributed by atoms with Crippen LogP contribution in [0.5, 0.6) is 0 Å². The second-order valence-electron chi connectivity index (χ2n) is 21.7. The quantitative estimate of drug-likeness (QED) is 0.0320. The minimum atomic E-state index is -0.846. The van der Waals surface area contributed by atoms with Crippen molar-refractivity contribution < 1.29 is 24.5 Å². The number of aliphatic hydroxyl groups is 2. The van der Waals surface area contributed by atoms with Gasteiger partial charge in [0.2, 0.25) is 5.91 Å². The van der Waals surface area contributed by atoms with Crippen molar-refractivity contribution in [3.8, 4) is 0 Å². The number of rotatable bonds is 59. The van der Waals surface area contributed by atoms with Crippen LogP contribution in [0.4, 0.5) is 0 Å². The van der Waals surface area contributed by atoms with Crippen LogP contribution >= 0.6 is 0 Å². The standard InChI is InChI=1S/C66H123NO5/c1-3-5-7-9-11-13-15-17-18-19-30-33-36-40-44-48-52-56-60-66(71)72-61-57-53-49-45-41-37-34-31-28-26-24-22-20-21-23-25-27-29-32-35-39-43-47-51-55-59-65(70)67-63(62-68)64(69)58-54-50-46-42-38-16-14-12-10-8-6-4-2/h13,15,18-19,21,23,54,58,63-64,68-69H,3-12,14,16-17,20,22,24-53,55-57,59-62H2,1-2H3,(H,67,70)/b15-13-,19-18-,23-21-,58-54+. The minimum Gasteiger partial charge on any atom is -0.466 e. The van der Waals surface area contributed by atoms with E-state index in [1.165, 1.54) is 257 Å². The Morgan fingerprint density at radius 3 is 1.08 bits per heavy atom. The molecular formula is C66H123NO5. The van der Waals surface area contributed by atoms with Crippen LogP contribution in [0.1, 0.15) is 335 Å². The van der Waals surface area contributed by atoms with E-state index in [-0.39, 0.29) is 18.5 Å². The van der Waals surface area contributed by atoms with Gasteiger partial charge in [-0.05, 0) is 89.9 Å². The van der Waals surface area contributed by atoms with Crippen molar-refractivity contribution in [3.63, 3.8) is 0 Å². The normalized spacial score (nSPS) is 12.9. The summed E-state index contributed by atoms with van der Waals surface area (Å²) in [6, 6.07) is -0.630. The summed E-state index contributed by atoms with van der Waals surface area (Å²) < 4.78 is 5.49. The molecule has 422 valence electrons. The molecule has 6 heteroatoms. The zero-order valence-electron chi connectivity index (χ0n) is 48.2. The molecule has 0 aliphatic heterocycles. The lowest BCUT2D eigenvalue weighted by molar-refractivity contribution is -0.143. The number of esters is 1. The second-order valence-corrected chi connectivity index (χ2v) is 21.7. The van der Waals surface area contributed by atoms with E-state index in [9.17, 15) is 19.8 Å². The van der Waals surface area contributed by atoms with Crippen molar-refractivity contribution in [1.29, 1.82) is 0 Å². The molecule has 6 nitrogen and oxygen atoms in total. The Labute approximate surface area is 448 Å². The number of carbonyl (C=O) groups excluding carboxylic acids is 2. The van der Waals surface area contributed by atoms with E-state index < -0.39 is 12.1 Å². The Hall–Kier alpha value is -2.18. The maximum absolute atomic E-state index is 12.4. The maximum Gasteiger partial charge on any atom is 0.305 e. The Balaban J connectivity index is 3.40. The van der Waals surface area contributed by atoms with E-state index in [1.54, 1.807) is 6.08 Å². The van der Waals surface area contributed by atoms with E-state index in [2.05, 4.69) is 55.6 Å². The summed E-state index contributed by atoms with van der Waals surface area (Å²) in [5.41, 5.74) is 0. The van der Waals surface area contributed by atoms with Gasteiger partial charge in [0, 0.05) is 12.8 Å². The SMILES string of the molecule is CCCCCC/C=C\C/C=C\CCCCCCCCCC(=O)OCCCCCCCCCCCCCC/C=C\CCCCCCCCCCCC(=O)NC(CO)C(O)/C=C/CCCCCCCCCCCC. The molecule has 1 amide bonds. The van der Waals surface area contributed by atoms with E-state index in [1.807, 2.05) is 6.08 Å². The third-order valence-corrected chi connectivity index (χ3v) is 14.6. The van der Waals surface area contributed by atoms with Gasteiger partial charge >= 0.3 is 5.97 Å². The maximum atomic E-state index is 12.4. The first-order valence-corrected chi connectivity index (χ1v) is 31.9. The van der Waals surface area contributed by atoms with Gasteiger partial charge in [-0.25, -0.2) is 0 Å². The third kappa shape index (κ3) is 57.1. The second kappa shape index (κ2) is 61.4. The first-order valence-electron chi connectivity index (χ1n) is 31.9. The highest BCUT2D eigenvalue weighted by Crippen LogP contribution is 2.17. The Kier molecular flexibility index (Phi) is 59.5. The zero-order chi connectivity index (χ0) is 52.2. The van der Waals surface area contributed by atoms with Gasteiger partial charge in [0.05, 0.1) is 25.4 Å². The van der Waals surface area contributed by atoms with Crippen molar-refractivity contribution in [3.05, 3.63) is 48.6 Å². The molecule has 0 aromatic heterocycles. The van der Waals surface area contributed by atoms with E-state index in [0.29, 0.717) is 19.4 Å². The number of hydrogen-bond donors (Lipinski definition) is 3.